The number of halogens is 2. The van der Waals surface area contributed by atoms with Crippen molar-refractivity contribution < 1.29 is 17.2 Å². The first-order valence-electron chi connectivity index (χ1n) is 10.6. The highest BCUT2D eigenvalue weighted by Crippen LogP contribution is 2.41. The smallest absolute Gasteiger partial charge is 0.242 e. The summed E-state index contributed by atoms with van der Waals surface area (Å²) in [5.41, 5.74) is 2.57. The van der Waals surface area contributed by atoms with Gasteiger partial charge in [-0.05, 0) is 37.5 Å². The predicted molar refractivity (Wildman–Crippen MR) is 120 cm³/mol. The van der Waals surface area contributed by atoms with Gasteiger partial charge < -0.3 is 4.57 Å². The van der Waals surface area contributed by atoms with Crippen LogP contribution in [-0.2, 0) is 10.0 Å². The van der Waals surface area contributed by atoms with E-state index in [0.717, 1.165) is 36.4 Å². The number of hydrogen-bond donors (Lipinski definition) is 1. The van der Waals surface area contributed by atoms with Crippen LogP contribution in [0.25, 0.3) is 22.3 Å². The van der Waals surface area contributed by atoms with E-state index in [0.29, 0.717) is 17.0 Å². The van der Waals surface area contributed by atoms with Gasteiger partial charge in [0.25, 0.3) is 0 Å². The number of nitrogens with zero attached hydrogens (tertiary/aromatic N) is 3. The Morgan fingerprint density at radius 2 is 1.88 bits per heavy atom. The Bertz CT molecular complexity index is 1210. The average Bonchev–Trinajstić information content (AvgIpc) is 3.12. The molecule has 1 saturated carbocycles. The number of aromatic nitrogens is 2. The summed E-state index contributed by atoms with van der Waals surface area (Å²) >= 11 is 0. The number of pyridine rings is 1. The summed E-state index contributed by atoms with van der Waals surface area (Å²) in [5, 5.41) is 10.7. The molecule has 1 N–H and O–H groups in total. The summed E-state index contributed by atoms with van der Waals surface area (Å²) in [4.78, 5) is 4.11. The second kappa shape index (κ2) is 10.2. The molecule has 0 unspecified atom stereocenters. The normalized spacial score (nSPS) is 14.0. The maximum Gasteiger partial charge on any atom is 0.242 e. The van der Waals surface area contributed by atoms with Crippen molar-refractivity contribution >= 4 is 20.9 Å². The van der Waals surface area contributed by atoms with Gasteiger partial charge in [0, 0.05) is 17.6 Å². The van der Waals surface area contributed by atoms with Crippen LogP contribution in [0.5, 0.6) is 0 Å². The van der Waals surface area contributed by atoms with Crippen LogP contribution in [0.1, 0.15) is 44.7 Å². The van der Waals surface area contributed by atoms with Crippen LogP contribution in [0, 0.1) is 11.3 Å². The summed E-state index contributed by atoms with van der Waals surface area (Å²) in [6.45, 7) is 1.71. The molecule has 4 rings (SSSR count). The van der Waals surface area contributed by atoms with E-state index < -0.39 is 29.4 Å². The van der Waals surface area contributed by atoms with Gasteiger partial charge in [-0.1, -0.05) is 32.0 Å². The van der Waals surface area contributed by atoms with E-state index in [2.05, 4.69) is 15.6 Å². The van der Waals surface area contributed by atoms with Crippen LogP contribution < -0.4 is 4.72 Å². The number of nitriles is 1. The second-order valence-corrected chi connectivity index (χ2v) is 9.03. The molecule has 0 saturated heterocycles. The number of para-hydroxylation sites is 1. The maximum absolute atomic E-state index is 12.7. The molecule has 1 aliphatic carbocycles. The van der Waals surface area contributed by atoms with Gasteiger partial charge >= 0.3 is 0 Å². The average molecular weight is 461 g/mol. The van der Waals surface area contributed by atoms with Gasteiger partial charge in [0.2, 0.25) is 10.0 Å². The van der Waals surface area contributed by atoms with Crippen LogP contribution in [0.15, 0.2) is 47.5 Å². The quantitative estimate of drug-likeness (QED) is 0.543. The number of rotatable bonds is 7. The molecule has 6 nitrogen and oxygen atoms in total. The Labute approximate surface area is 186 Å². The zero-order valence-corrected chi connectivity index (χ0v) is 18.9. The van der Waals surface area contributed by atoms with Crippen molar-refractivity contribution in [2.24, 2.45) is 0 Å². The number of hydrogen-bond acceptors (Lipinski definition) is 4. The molecule has 0 radical (unpaired) electrons. The molecule has 170 valence electrons. The third-order valence-electron chi connectivity index (χ3n) is 5.45. The van der Waals surface area contributed by atoms with Gasteiger partial charge in [0.1, 0.15) is 24.3 Å². The topological polar surface area (TPSA) is 87.8 Å². The number of benzene rings is 1. The fraction of sp³-hybridized carbons (Fsp3) is 0.391. The summed E-state index contributed by atoms with van der Waals surface area (Å²) < 4.78 is 54.3. The summed E-state index contributed by atoms with van der Waals surface area (Å²) in [5.74, 6) is 0. The van der Waals surface area contributed by atoms with Crippen LogP contribution in [0.4, 0.5) is 8.78 Å². The van der Waals surface area contributed by atoms with Crippen molar-refractivity contribution in [1.29, 1.82) is 5.26 Å². The molecular formula is C23H26F2N4O2S. The fourth-order valence-electron chi connectivity index (χ4n) is 3.72. The fourth-order valence-corrected chi connectivity index (χ4v) is 4.86. The lowest BCUT2D eigenvalue weighted by Gasteiger charge is -2.30. The second-order valence-electron chi connectivity index (χ2n) is 7.31. The lowest BCUT2D eigenvalue weighted by atomic mass is 9.92. The molecule has 1 aliphatic rings. The van der Waals surface area contributed by atoms with Crippen molar-refractivity contribution in [1.82, 2.24) is 14.3 Å². The molecule has 1 fully saturated rings. The van der Waals surface area contributed by atoms with E-state index in [1.807, 2.05) is 42.8 Å². The first-order chi connectivity index (χ1) is 15.5. The largest absolute Gasteiger partial charge is 0.335 e. The molecule has 3 aromatic rings. The van der Waals surface area contributed by atoms with E-state index >= 15 is 0 Å². The molecule has 0 amide bonds. The van der Waals surface area contributed by atoms with Crippen LogP contribution in [0.3, 0.4) is 0 Å². The minimum atomic E-state index is -4.11. The Balaban J connectivity index is 0.00000141. The lowest BCUT2D eigenvalue weighted by molar-refractivity contribution is 0.324. The number of sulfonamides is 1. The Kier molecular flexibility index (Phi) is 7.59. The molecule has 0 spiro atoms. The van der Waals surface area contributed by atoms with Crippen molar-refractivity contribution in [3.63, 3.8) is 0 Å². The van der Waals surface area contributed by atoms with Gasteiger partial charge in [-0.25, -0.2) is 21.9 Å². The third-order valence-corrected chi connectivity index (χ3v) is 6.95. The molecule has 2 heterocycles. The van der Waals surface area contributed by atoms with E-state index in [1.54, 1.807) is 0 Å². The lowest BCUT2D eigenvalue weighted by Crippen LogP contribution is -2.37. The van der Waals surface area contributed by atoms with Crippen molar-refractivity contribution in [3.8, 4) is 17.5 Å². The highest BCUT2D eigenvalue weighted by atomic mass is 32.2. The number of nitrogens with one attached hydrogen (secondary N) is 1. The minimum Gasteiger partial charge on any atom is -0.335 e. The number of alkyl halides is 2. The molecular weight excluding hydrogens is 434 g/mol. The van der Waals surface area contributed by atoms with Crippen LogP contribution in [0.2, 0.25) is 0 Å². The van der Waals surface area contributed by atoms with E-state index in [9.17, 15) is 22.5 Å². The highest BCUT2D eigenvalue weighted by molar-refractivity contribution is 7.89. The van der Waals surface area contributed by atoms with E-state index in [4.69, 9.17) is 0 Å². The zero-order chi connectivity index (χ0) is 23.3. The first kappa shape index (κ1) is 23.8. The zero-order valence-electron chi connectivity index (χ0n) is 18.1. The molecule has 2 aromatic heterocycles. The Hall–Kier alpha value is -2.83. The van der Waals surface area contributed by atoms with Crippen LogP contribution >= 0.6 is 0 Å². The first-order valence-corrected chi connectivity index (χ1v) is 12.1. The molecule has 32 heavy (non-hydrogen) atoms. The molecule has 1 aromatic carbocycles. The molecule has 0 atom stereocenters. The van der Waals surface area contributed by atoms with Gasteiger partial charge in [-0.2, -0.15) is 5.26 Å². The summed E-state index contributed by atoms with van der Waals surface area (Å²) in [6.07, 6.45) is 4.26. The van der Waals surface area contributed by atoms with E-state index in [1.165, 1.54) is 12.1 Å². The monoisotopic (exact) mass is 460 g/mol. The van der Waals surface area contributed by atoms with Gasteiger partial charge in [0.15, 0.2) is 0 Å². The minimum absolute atomic E-state index is 0.192. The third kappa shape index (κ3) is 4.38. The Morgan fingerprint density at radius 3 is 2.41 bits per heavy atom. The molecule has 0 bridgehead atoms. The highest BCUT2D eigenvalue weighted by Gasteiger charge is 2.28. The van der Waals surface area contributed by atoms with Crippen LogP contribution in [-0.4, -0.2) is 37.4 Å². The van der Waals surface area contributed by atoms with Crippen molar-refractivity contribution in [2.75, 3.05) is 13.3 Å². The van der Waals surface area contributed by atoms with Crippen molar-refractivity contribution in [3.05, 3.63) is 48.2 Å². The SMILES string of the molecule is CC.N#Cc1c(-c2ccc(S(=O)(=O)NC(CF)CF)cn2)n(C2CCC2)c2ccccc12. The van der Waals surface area contributed by atoms with Crippen molar-refractivity contribution in [2.45, 2.75) is 50.1 Å². The molecule has 0 aliphatic heterocycles. The molecule has 9 heteroatoms. The predicted octanol–water partition coefficient (Wildman–Crippen LogP) is 4.91. The van der Waals surface area contributed by atoms with E-state index in [-0.39, 0.29) is 10.9 Å². The Morgan fingerprint density at radius 1 is 1.19 bits per heavy atom. The summed E-state index contributed by atoms with van der Waals surface area (Å²) in [7, 11) is -4.11. The number of fused-ring (bicyclic) bond motifs is 1. The summed E-state index contributed by atoms with van der Waals surface area (Å²) in [6, 6.07) is 11.6. The van der Waals surface area contributed by atoms with Gasteiger partial charge in [-0.3, -0.25) is 4.98 Å². The maximum atomic E-state index is 12.7. The van der Waals surface area contributed by atoms with Gasteiger partial charge in [-0.15, -0.1) is 0 Å². The van der Waals surface area contributed by atoms with Gasteiger partial charge in [0.05, 0.1) is 28.5 Å². The standard InChI is InChI=1S/C21H20F2N4O2S.C2H6/c22-10-14(11-23)26-30(28,29)16-8-9-19(25-13-16)21-18(12-24)17-6-1-2-7-20(17)27(21)15-4-3-5-15;1-2/h1-2,6-9,13-15,26H,3-5,10-11H2;1-2H3.